The number of rotatable bonds is 2. The van der Waals surface area contributed by atoms with E-state index in [0.29, 0.717) is 12.1 Å². The van der Waals surface area contributed by atoms with Gasteiger partial charge in [0.2, 0.25) is 0 Å². The first-order valence-electron chi connectivity index (χ1n) is 3.95. The molecule has 0 saturated carbocycles. The van der Waals surface area contributed by atoms with Gasteiger partial charge in [0.25, 0.3) is 0 Å². The number of benzene rings is 1. The maximum Gasteiger partial charge on any atom is 0.417 e. The topological polar surface area (TPSA) is 12.0 Å². The standard InChI is InChI=1S/C9H9BrF3N/c1-14-5-6-2-3-8(10)7(4-6)9(11,12)13/h2-4,14H,5H2,1H3. The fourth-order valence-corrected chi connectivity index (χ4v) is 1.58. The van der Waals surface area contributed by atoms with Crippen molar-refractivity contribution in [3.8, 4) is 0 Å². The van der Waals surface area contributed by atoms with Crippen molar-refractivity contribution >= 4 is 15.9 Å². The Balaban J connectivity index is 3.09. The number of halogens is 4. The van der Waals surface area contributed by atoms with Crippen LogP contribution in [0.25, 0.3) is 0 Å². The molecule has 14 heavy (non-hydrogen) atoms. The lowest BCUT2D eigenvalue weighted by atomic mass is 10.1. The van der Waals surface area contributed by atoms with Crippen LogP contribution in [0.5, 0.6) is 0 Å². The molecule has 0 radical (unpaired) electrons. The first-order chi connectivity index (χ1) is 6.45. The second-order valence-electron chi connectivity index (χ2n) is 2.84. The smallest absolute Gasteiger partial charge is 0.316 e. The number of hydrogen-bond acceptors (Lipinski definition) is 1. The summed E-state index contributed by atoms with van der Waals surface area (Å²) in [6.45, 7) is 0.427. The highest BCUT2D eigenvalue weighted by molar-refractivity contribution is 9.10. The predicted octanol–water partition coefficient (Wildman–Crippen LogP) is 3.19. The van der Waals surface area contributed by atoms with Crippen molar-refractivity contribution in [2.24, 2.45) is 0 Å². The van der Waals surface area contributed by atoms with Crippen molar-refractivity contribution in [3.05, 3.63) is 33.8 Å². The number of hydrogen-bond donors (Lipinski definition) is 1. The van der Waals surface area contributed by atoms with Crippen LogP contribution < -0.4 is 5.32 Å². The summed E-state index contributed by atoms with van der Waals surface area (Å²) < 4.78 is 37.3. The first-order valence-corrected chi connectivity index (χ1v) is 4.74. The molecule has 0 amide bonds. The van der Waals surface area contributed by atoms with Gasteiger partial charge in [0, 0.05) is 11.0 Å². The average molecular weight is 268 g/mol. The van der Waals surface area contributed by atoms with Gasteiger partial charge in [0.1, 0.15) is 0 Å². The Bertz CT molecular complexity index is 322. The molecule has 78 valence electrons. The highest BCUT2D eigenvalue weighted by Crippen LogP contribution is 2.35. The molecule has 0 aromatic heterocycles. The van der Waals surface area contributed by atoms with Crippen LogP contribution >= 0.6 is 15.9 Å². The third-order valence-electron chi connectivity index (χ3n) is 1.72. The highest BCUT2D eigenvalue weighted by Gasteiger charge is 2.32. The van der Waals surface area contributed by atoms with Crippen LogP contribution in [-0.2, 0) is 12.7 Å². The Hall–Kier alpha value is -0.550. The fraction of sp³-hybridized carbons (Fsp3) is 0.333. The third kappa shape index (κ3) is 2.72. The van der Waals surface area contributed by atoms with E-state index in [4.69, 9.17) is 0 Å². The fourth-order valence-electron chi connectivity index (χ4n) is 1.10. The van der Waals surface area contributed by atoms with Crippen LogP contribution in [0.1, 0.15) is 11.1 Å². The lowest BCUT2D eigenvalue weighted by Crippen LogP contribution is -2.10. The van der Waals surface area contributed by atoms with Gasteiger partial charge < -0.3 is 5.32 Å². The van der Waals surface area contributed by atoms with E-state index >= 15 is 0 Å². The molecule has 0 unspecified atom stereocenters. The van der Waals surface area contributed by atoms with Gasteiger partial charge in [-0.3, -0.25) is 0 Å². The summed E-state index contributed by atoms with van der Waals surface area (Å²) in [7, 11) is 1.69. The average Bonchev–Trinajstić information content (AvgIpc) is 2.07. The third-order valence-corrected chi connectivity index (χ3v) is 2.41. The molecule has 0 heterocycles. The van der Waals surface area contributed by atoms with E-state index in [9.17, 15) is 13.2 Å². The monoisotopic (exact) mass is 267 g/mol. The molecule has 0 fully saturated rings. The van der Waals surface area contributed by atoms with Gasteiger partial charge in [0.05, 0.1) is 5.56 Å². The molecule has 5 heteroatoms. The molecule has 1 aromatic carbocycles. The van der Waals surface area contributed by atoms with Crippen molar-refractivity contribution in [3.63, 3.8) is 0 Å². The molecule has 1 nitrogen and oxygen atoms in total. The molecule has 1 rings (SSSR count). The maximum absolute atomic E-state index is 12.4. The SMILES string of the molecule is CNCc1ccc(Br)c(C(F)(F)F)c1. The summed E-state index contributed by atoms with van der Waals surface area (Å²) in [6, 6.07) is 4.20. The second kappa shape index (κ2) is 4.31. The van der Waals surface area contributed by atoms with E-state index in [1.165, 1.54) is 6.07 Å². The lowest BCUT2D eigenvalue weighted by Gasteiger charge is -2.10. The molecule has 0 aliphatic rings. The summed E-state index contributed by atoms with van der Waals surface area (Å²) in [5.41, 5.74) is -0.0201. The van der Waals surface area contributed by atoms with Gasteiger partial charge in [-0.2, -0.15) is 13.2 Å². The van der Waals surface area contributed by atoms with Crippen LogP contribution in [0.3, 0.4) is 0 Å². The van der Waals surface area contributed by atoms with Gasteiger partial charge in [-0.15, -0.1) is 0 Å². The number of alkyl halides is 3. The van der Waals surface area contributed by atoms with Gasteiger partial charge in [-0.05, 0) is 24.7 Å². The van der Waals surface area contributed by atoms with Crippen molar-refractivity contribution < 1.29 is 13.2 Å². The van der Waals surface area contributed by atoms with Gasteiger partial charge >= 0.3 is 6.18 Å². The molecule has 0 spiro atoms. The first kappa shape index (κ1) is 11.5. The van der Waals surface area contributed by atoms with Gasteiger partial charge in [-0.1, -0.05) is 22.0 Å². The molecular weight excluding hydrogens is 259 g/mol. The van der Waals surface area contributed by atoms with Crippen molar-refractivity contribution in [2.45, 2.75) is 12.7 Å². The van der Waals surface area contributed by atoms with Crippen LogP contribution in [0.2, 0.25) is 0 Å². The van der Waals surface area contributed by atoms with Crippen LogP contribution in [-0.4, -0.2) is 7.05 Å². The van der Waals surface area contributed by atoms with E-state index in [0.717, 1.165) is 6.07 Å². The molecule has 0 aliphatic heterocycles. The lowest BCUT2D eigenvalue weighted by molar-refractivity contribution is -0.138. The van der Waals surface area contributed by atoms with Gasteiger partial charge in [-0.25, -0.2) is 0 Å². The van der Waals surface area contributed by atoms with Crippen LogP contribution in [0.15, 0.2) is 22.7 Å². The molecule has 1 aromatic rings. The molecule has 0 aliphatic carbocycles. The van der Waals surface area contributed by atoms with E-state index < -0.39 is 11.7 Å². The summed E-state index contributed by atoms with van der Waals surface area (Å²) in [6.07, 6.45) is -4.30. The molecule has 1 N–H and O–H groups in total. The minimum atomic E-state index is -4.30. The Morgan fingerprint density at radius 3 is 2.50 bits per heavy atom. The summed E-state index contributed by atoms with van der Waals surface area (Å²) >= 11 is 2.88. The van der Waals surface area contributed by atoms with E-state index in [2.05, 4.69) is 21.2 Å². The molecule has 0 bridgehead atoms. The van der Waals surface area contributed by atoms with Crippen molar-refractivity contribution in [1.29, 1.82) is 0 Å². The van der Waals surface area contributed by atoms with E-state index in [-0.39, 0.29) is 4.47 Å². The second-order valence-corrected chi connectivity index (χ2v) is 3.70. The number of nitrogens with one attached hydrogen (secondary N) is 1. The van der Waals surface area contributed by atoms with E-state index in [1.54, 1.807) is 13.1 Å². The minimum Gasteiger partial charge on any atom is -0.316 e. The Morgan fingerprint density at radius 1 is 1.36 bits per heavy atom. The summed E-state index contributed by atoms with van der Waals surface area (Å²) in [5, 5.41) is 2.80. The van der Waals surface area contributed by atoms with E-state index in [1.807, 2.05) is 0 Å². The van der Waals surface area contributed by atoms with Crippen LogP contribution in [0.4, 0.5) is 13.2 Å². The maximum atomic E-state index is 12.4. The normalized spacial score (nSPS) is 11.8. The van der Waals surface area contributed by atoms with Crippen molar-refractivity contribution in [2.75, 3.05) is 7.05 Å². The molecule has 0 atom stereocenters. The molecular formula is C9H9BrF3N. The van der Waals surface area contributed by atoms with Crippen LogP contribution in [0, 0.1) is 0 Å². The zero-order chi connectivity index (χ0) is 10.8. The predicted molar refractivity (Wildman–Crippen MR) is 51.9 cm³/mol. The van der Waals surface area contributed by atoms with Crippen molar-refractivity contribution in [1.82, 2.24) is 5.32 Å². The summed E-state index contributed by atoms with van der Waals surface area (Å²) in [4.78, 5) is 0. The largest absolute Gasteiger partial charge is 0.417 e. The zero-order valence-corrected chi connectivity index (χ0v) is 9.04. The Labute approximate surface area is 88.4 Å². The van der Waals surface area contributed by atoms with Gasteiger partial charge in [0.15, 0.2) is 0 Å². The summed E-state index contributed by atoms with van der Waals surface area (Å²) in [5.74, 6) is 0. The highest BCUT2D eigenvalue weighted by atomic mass is 79.9. The quantitative estimate of drug-likeness (QED) is 0.868. The molecule has 0 saturated heterocycles. The Kier molecular flexibility index (Phi) is 3.55. The zero-order valence-electron chi connectivity index (χ0n) is 7.45. The minimum absolute atomic E-state index is 0.0739. The Morgan fingerprint density at radius 2 is 2.00 bits per heavy atom.